The molecule has 220 valence electrons. The molecule has 6 rings (SSSR count). The number of carbonyl (C=O) groups is 1. The minimum atomic E-state index is -0.795. The van der Waals surface area contributed by atoms with Crippen LogP contribution < -0.4 is 5.56 Å². The molecule has 1 aliphatic heterocycles. The lowest BCUT2D eigenvalue weighted by Gasteiger charge is -2.44. The highest BCUT2D eigenvalue weighted by molar-refractivity contribution is 5.80. The van der Waals surface area contributed by atoms with Crippen LogP contribution in [0.4, 0.5) is 0 Å². The Bertz CT molecular complexity index is 1580. The molecule has 2 N–H and O–H groups in total. The zero-order chi connectivity index (χ0) is 29.1. The summed E-state index contributed by atoms with van der Waals surface area (Å²) in [5.74, 6) is -0.148. The molecule has 9 nitrogen and oxygen atoms in total. The van der Waals surface area contributed by atoms with Gasteiger partial charge >= 0.3 is 5.97 Å². The highest BCUT2D eigenvalue weighted by Crippen LogP contribution is 2.49. The van der Waals surface area contributed by atoms with E-state index in [9.17, 15) is 14.7 Å². The van der Waals surface area contributed by atoms with E-state index < -0.39 is 11.4 Å². The van der Waals surface area contributed by atoms with Crippen LogP contribution in [0.1, 0.15) is 94.0 Å². The number of benzene rings is 2. The van der Waals surface area contributed by atoms with E-state index in [1.165, 1.54) is 0 Å². The average molecular weight is 569 g/mol. The van der Waals surface area contributed by atoms with Crippen molar-refractivity contribution in [3.63, 3.8) is 0 Å². The topological polar surface area (TPSA) is 119 Å². The van der Waals surface area contributed by atoms with Crippen molar-refractivity contribution in [3.05, 3.63) is 75.7 Å². The summed E-state index contributed by atoms with van der Waals surface area (Å²) < 4.78 is 4.06. The lowest BCUT2D eigenvalue weighted by molar-refractivity contribution is -0.156. The Labute approximate surface area is 246 Å². The number of aromatic nitrogens is 6. The fraction of sp³-hybridized carbons (Fsp3) is 0.485. The van der Waals surface area contributed by atoms with Gasteiger partial charge in [0.05, 0.1) is 11.5 Å². The predicted molar refractivity (Wildman–Crippen MR) is 161 cm³/mol. The van der Waals surface area contributed by atoms with Gasteiger partial charge in [0.15, 0.2) is 0 Å². The molecule has 42 heavy (non-hydrogen) atoms. The number of hydrogen-bond donors (Lipinski definition) is 2. The maximum absolute atomic E-state index is 14.0. The van der Waals surface area contributed by atoms with E-state index in [1.54, 1.807) is 0 Å². The van der Waals surface area contributed by atoms with E-state index >= 15 is 0 Å². The Morgan fingerprint density at radius 1 is 1.02 bits per heavy atom. The maximum Gasteiger partial charge on any atom is 0.311 e. The number of hydrogen-bond acceptors (Lipinski definition) is 5. The van der Waals surface area contributed by atoms with Crippen molar-refractivity contribution >= 4 is 5.97 Å². The van der Waals surface area contributed by atoms with Gasteiger partial charge in [0, 0.05) is 29.8 Å². The first kappa shape index (κ1) is 28.1. The molecular weight excluding hydrogens is 528 g/mol. The lowest BCUT2D eigenvalue weighted by atomic mass is 9.67. The van der Waals surface area contributed by atoms with Crippen molar-refractivity contribution in [2.45, 2.75) is 96.6 Å². The molecule has 0 bridgehead atoms. The zero-order valence-corrected chi connectivity index (χ0v) is 24.4. The summed E-state index contributed by atoms with van der Waals surface area (Å²) in [5.41, 5.74) is 5.15. The molecule has 4 aromatic rings. The van der Waals surface area contributed by atoms with Gasteiger partial charge < -0.3 is 5.11 Å². The highest BCUT2D eigenvalue weighted by Gasteiger charge is 2.49. The maximum atomic E-state index is 14.0. The minimum absolute atomic E-state index is 0.0501. The zero-order valence-electron chi connectivity index (χ0n) is 24.4. The number of tetrazole rings is 1. The first-order valence-corrected chi connectivity index (χ1v) is 15.5. The van der Waals surface area contributed by atoms with Gasteiger partial charge in [-0.15, -0.1) is 10.2 Å². The number of unbranched alkanes of at least 4 members (excludes halogenated alkanes) is 2. The standard InChI is InChI=1S/C33H40N6O3/c1-2-3-5-13-28-27(31(40)38-21-10-14-29(39(28)38)33(32(41)42)19-8-4-9-20-33)22-23-15-17-24(18-16-23)25-11-6-7-12-26(25)30-34-36-37-35-30/h6-7,11-12,15-18,29H,2-5,8-10,13-14,19-22H2,1H3,(H,41,42)(H,34,35,36,37). The summed E-state index contributed by atoms with van der Waals surface area (Å²) in [5, 5.41) is 25.1. The van der Waals surface area contributed by atoms with E-state index in [4.69, 9.17) is 0 Å². The van der Waals surface area contributed by atoms with Crippen molar-refractivity contribution in [1.29, 1.82) is 0 Å². The SMILES string of the molecule is CCCCCc1c(Cc2ccc(-c3ccccc3-c3nn[nH]n3)cc2)c(=O)n2n1C(C1(C(=O)O)CCCCC1)CCC2. The highest BCUT2D eigenvalue weighted by atomic mass is 16.4. The van der Waals surface area contributed by atoms with Crippen LogP contribution in [0.25, 0.3) is 22.5 Å². The normalized spacial score (nSPS) is 18.1. The third-order valence-corrected chi connectivity index (χ3v) is 9.51. The van der Waals surface area contributed by atoms with Gasteiger partial charge in [-0.05, 0) is 60.4 Å². The lowest BCUT2D eigenvalue weighted by Crippen LogP contribution is -2.46. The summed E-state index contributed by atoms with van der Waals surface area (Å²) in [6, 6.07) is 16.2. The second-order valence-electron chi connectivity index (χ2n) is 12.0. The largest absolute Gasteiger partial charge is 0.481 e. The second kappa shape index (κ2) is 12.1. The van der Waals surface area contributed by atoms with Crippen LogP contribution >= 0.6 is 0 Å². The molecule has 1 unspecified atom stereocenters. The number of fused-ring (bicyclic) bond motifs is 1. The molecule has 3 heterocycles. The van der Waals surface area contributed by atoms with E-state index in [-0.39, 0.29) is 11.6 Å². The van der Waals surface area contributed by atoms with Crippen LogP contribution in [-0.4, -0.2) is 41.1 Å². The molecule has 2 aromatic heterocycles. The van der Waals surface area contributed by atoms with Crippen LogP contribution in [0, 0.1) is 5.41 Å². The van der Waals surface area contributed by atoms with Gasteiger partial charge in [0.1, 0.15) is 0 Å². The summed E-state index contributed by atoms with van der Waals surface area (Å²) in [6.45, 7) is 2.84. The fourth-order valence-corrected chi connectivity index (χ4v) is 7.36. The second-order valence-corrected chi connectivity index (χ2v) is 12.0. The third-order valence-electron chi connectivity index (χ3n) is 9.51. The molecule has 1 fully saturated rings. The summed E-state index contributed by atoms with van der Waals surface area (Å²) in [6.07, 6.45) is 10.5. The Kier molecular flexibility index (Phi) is 8.09. The fourth-order valence-electron chi connectivity index (χ4n) is 7.36. The Morgan fingerprint density at radius 3 is 2.48 bits per heavy atom. The number of aliphatic carboxylic acids is 1. The molecule has 0 spiro atoms. The quantitative estimate of drug-likeness (QED) is 0.220. The average Bonchev–Trinajstić information content (AvgIpc) is 3.66. The van der Waals surface area contributed by atoms with Crippen molar-refractivity contribution < 1.29 is 9.90 Å². The van der Waals surface area contributed by atoms with Gasteiger partial charge in [-0.25, -0.2) is 4.68 Å². The van der Waals surface area contributed by atoms with E-state index in [0.717, 1.165) is 91.3 Å². The molecule has 1 atom stereocenters. The first-order valence-electron chi connectivity index (χ1n) is 15.5. The van der Waals surface area contributed by atoms with Crippen molar-refractivity contribution in [1.82, 2.24) is 30.0 Å². The van der Waals surface area contributed by atoms with Gasteiger partial charge in [-0.2, -0.15) is 5.21 Å². The van der Waals surface area contributed by atoms with Crippen LogP contribution in [0.15, 0.2) is 53.3 Å². The van der Waals surface area contributed by atoms with E-state index in [0.29, 0.717) is 31.6 Å². The van der Waals surface area contributed by atoms with Crippen LogP contribution in [0.2, 0.25) is 0 Å². The van der Waals surface area contributed by atoms with Gasteiger partial charge in [-0.3, -0.25) is 14.3 Å². The molecule has 0 saturated heterocycles. The summed E-state index contributed by atoms with van der Waals surface area (Å²) in [7, 11) is 0. The number of rotatable bonds is 10. The summed E-state index contributed by atoms with van der Waals surface area (Å²) >= 11 is 0. The third kappa shape index (κ3) is 5.10. The monoisotopic (exact) mass is 568 g/mol. The molecule has 2 aliphatic rings. The predicted octanol–water partition coefficient (Wildman–Crippen LogP) is 6.19. The van der Waals surface area contributed by atoms with Gasteiger partial charge in [0.2, 0.25) is 5.82 Å². The summed E-state index contributed by atoms with van der Waals surface area (Å²) in [4.78, 5) is 26.9. The molecule has 0 amide bonds. The minimum Gasteiger partial charge on any atom is -0.481 e. The Morgan fingerprint density at radius 2 is 1.79 bits per heavy atom. The number of nitrogens with one attached hydrogen (secondary N) is 1. The Hall–Kier alpha value is -4.01. The number of nitrogens with zero attached hydrogens (tertiary/aromatic N) is 5. The molecular formula is C33H40N6O3. The molecule has 2 aromatic carbocycles. The number of aromatic amines is 1. The van der Waals surface area contributed by atoms with E-state index in [2.05, 4.69) is 56.5 Å². The molecule has 1 aliphatic carbocycles. The van der Waals surface area contributed by atoms with Crippen molar-refractivity contribution in [2.24, 2.45) is 5.41 Å². The van der Waals surface area contributed by atoms with Crippen LogP contribution in [-0.2, 0) is 24.2 Å². The first-order chi connectivity index (χ1) is 20.5. The molecule has 0 radical (unpaired) electrons. The van der Waals surface area contributed by atoms with Crippen LogP contribution in [0.3, 0.4) is 0 Å². The van der Waals surface area contributed by atoms with E-state index in [1.807, 2.05) is 28.9 Å². The van der Waals surface area contributed by atoms with Crippen molar-refractivity contribution in [2.75, 3.05) is 0 Å². The van der Waals surface area contributed by atoms with Crippen LogP contribution in [0.5, 0.6) is 0 Å². The molecule has 1 saturated carbocycles. The molecule has 9 heteroatoms. The number of carboxylic acid groups (broad SMARTS) is 1. The Balaban J connectivity index is 1.37. The van der Waals surface area contributed by atoms with Gasteiger partial charge in [-0.1, -0.05) is 87.6 Å². The number of carboxylic acids is 1. The smallest absolute Gasteiger partial charge is 0.311 e. The number of H-pyrrole nitrogens is 1. The van der Waals surface area contributed by atoms with Crippen molar-refractivity contribution in [3.8, 4) is 22.5 Å². The van der Waals surface area contributed by atoms with Gasteiger partial charge in [0.25, 0.3) is 5.56 Å².